The summed E-state index contributed by atoms with van der Waals surface area (Å²) in [4.78, 5) is 0. The van der Waals surface area contributed by atoms with Crippen LogP contribution in [0.15, 0.2) is 12.2 Å². The number of ether oxygens (including phenoxy) is 2. The molecule has 2 fully saturated rings. The minimum absolute atomic E-state index is 0.160. The van der Waals surface area contributed by atoms with E-state index in [1.165, 1.54) is 0 Å². The molecule has 0 bridgehead atoms. The van der Waals surface area contributed by atoms with Gasteiger partial charge in [-0.2, -0.15) is 0 Å². The van der Waals surface area contributed by atoms with Crippen LogP contribution in [-0.2, 0) is 9.47 Å². The second kappa shape index (κ2) is 8.42. The molecule has 8 heteroatoms. The zero-order valence-electron chi connectivity index (χ0n) is 16.4. The van der Waals surface area contributed by atoms with E-state index >= 15 is 0 Å². The normalized spacial score (nSPS) is 46.5. The molecule has 0 unspecified atom stereocenters. The maximum Gasteiger partial charge on any atom is 0.187 e. The minimum Gasteiger partial charge on any atom is -0.394 e. The minimum atomic E-state index is -1.50. The fourth-order valence-electron chi connectivity index (χ4n) is 4.20. The van der Waals surface area contributed by atoms with Crippen molar-refractivity contribution in [3.05, 3.63) is 12.2 Å². The highest BCUT2D eigenvalue weighted by Gasteiger charge is 2.50. The second-order valence-electron chi connectivity index (χ2n) is 8.60. The fourth-order valence-corrected chi connectivity index (χ4v) is 4.20. The van der Waals surface area contributed by atoms with E-state index in [9.17, 15) is 30.6 Å². The highest BCUT2D eigenvalue weighted by Crippen LogP contribution is 2.48. The van der Waals surface area contributed by atoms with Crippen molar-refractivity contribution >= 4 is 0 Å². The largest absolute Gasteiger partial charge is 0.394 e. The van der Waals surface area contributed by atoms with Crippen LogP contribution in [0.2, 0.25) is 0 Å². The lowest BCUT2D eigenvalue weighted by Crippen LogP contribution is -2.59. The molecule has 1 aliphatic heterocycles. The highest BCUT2D eigenvalue weighted by molar-refractivity contribution is 5.15. The summed E-state index contributed by atoms with van der Waals surface area (Å²) < 4.78 is 10.9. The van der Waals surface area contributed by atoms with Gasteiger partial charge in [-0.05, 0) is 31.1 Å². The smallest absolute Gasteiger partial charge is 0.187 e. The van der Waals surface area contributed by atoms with E-state index in [1.807, 2.05) is 20.8 Å². The molecule has 0 spiro atoms. The molecule has 0 aromatic heterocycles. The van der Waals surface area contributed by atoms with E-state index in [2.05, 4.69) is 0 Å². The lowest BCUT2D eigenvalue weighted by molar-refractivity contribution is -0.306. The molecule has 6 N–H and O–H groups in total. The monoisotopic (exact) mass is 390 g/mol. The van der Waals surface area contributed by atoms with E-state index in [0.29, 0.717) is 12.8 Å². The Hall–Kier alpha value is -0.580. The topological polar surface area (TPSA) is 140 Å². The molecule has 0 aromatic carbocycles. The predicted molar refractivity (Wildman–Crippen MR) is 96.6 cm³/mol. The van der Waals surface area contributed by atoms with Crippen molar-refractivity contribution in [1.82, 2.24) is 0 Å². The van der Waals surface area contributed by atoms with Crippen LogP contribution in [0.25, 0.3) is 0 Å². The lowest BCUT2D eigenvalue weighted by atomic mass is 9.60. The molecule has 1 saturated carbocycles. The zero-order chi connectivity index (χ0) is 20.6. The van der Waals surface area contributed by atoms with Gasteiger partial charge in [-0.3, -0.25) is 0 Å². The van der Waals surface area contributed by atoms with Gasteiger partial charge in [0.1, 0.15) is 24.4 Å². The molecule has 0 amide bonds. The van der Waals surface area contributed by atoms with Crippen molar-refractivity contribution in [2.24, 2.45) is 11.3 Å². The molecule has 1 aliphatic carbocycles. The molecule has 0 radical (unpaired) electrons. The number of hydrogen-bond donors (Lipinski definition) is 6. The van der Waals surface area contributed by atoms with Crippen LogP contribution in [0.3, 0.4) is 0 Å². The summed E-state index contributed by atoms with van der Waals surface area (Å²) in [5.41, 5.74) is -1.68. The van der Waals surface area contributed by atoms with E-state index in [0.717, 1.165) is 0 Å². The predicted octanol–water partition coefficient (Wildman–Crippen LogP) is -0.704. The van der Waals surface area contributed by atoms with Crippen molar-refractivity contribution in [1.29, 1.82) is 0 Å². The molecule has 2 aliphatic rings. The first-order valence-corrected chi connectivity index (χ1v) is 9.48. The number of aliphatic hydroxyl groups excluding tert-OH is 5. The lowest BCUT2D eigenvalue weighted by Gasteiger charge is -2.50. The maximum absolute atomic E-state index is 11.2. The van der Waals surface area contributed by atoms with Gasteiger partial charge >= 0.3 is 0 Å². The third kappa shape index (κ3) is 4.54. The maximum atomic E-state index is 11.2. The van der Waals surface area contributed by atoms with Crippen LogP contribution >= 0.6 is 0 Å². The first-order valence-electron chi connectivity index (χ1n) is 9.48. The van der Waals surface area contributed by atoms with Gasteiger partial charge in [0.25, 0.3) is 0 Å². The summed E-state index contributed by atoms with van der Waals surface area (Å²) in [5.74, 6) is -0.160. The Balaban J connectivity index is 2.07. The summed E-state index contributed by atoms with van der Waals surface area (Å²) in [6.45, 7) is 6.86. The van der Waals surface area contributed by atoms with Crippen LogP contribution in [0.5, 0.6) is 0 Å². The first-order chi connectivity index (χ1) is 12.4. The molecular formula is C19H34O8. The van der Waals surface area contributed by atoms with Crippen LogP contribution < -0.4 is 0 Å². The fraction of sp³-hybridized carbons (Fsp3) is 0.895. The molecular weight excluding hydrogens is 356 g/mol. The van der Waals surface area contributed by atoms with Gasteiger partial charge < -0.3 is 40.1 Å². The molecule has 1 saturated heterocycles. The van der Waals surface area contributed by atoms with Crippen molar-refractivity contribution in [2.75, 3.05) is 6.61 Å². The van der Waals surface area contributed by atoms with Crippen LogP contribution in [0.1, 0.15) is 40.5 Å². The summed E-state index contributed by atoms with van der Waals surface area (Å²) in [5, 5.41) is 60.1. The van der Waals surface area contributed by atoms with Gasteiger partial charge in [0.2, 0.25) is 0 Å². The summed E-state index contributed by atoms with van der Waals surface area (Å²) in [6.07, 6.45) is -3.42. The van der Waals surface area contributed by atoms with E-state index in [4.69, 9.17) is 9.47 Å². The van der Waals surface area contributed by atoms with Crippen molar-refractivity contribution in [3.63, 3.8) is 0 Å². The number of rotatable bonds is 5. The first kappa shape index (κ1) is 22.7. The molecule has 158 valence electrons. The van der Waals surface area contributed by atoms with Gasteiger partial charge in [-0.25, -0.2) is 0 Å². The van der Waals surface area contributed by atoms with E-state index in [-0.39, 0.29) is 5.92 Å². The summed E-state index contributed by atoms with van der Waals surface area (Å²) in [6, 6.07) is 0. The van der Waals surface area contributed by atoms with Crippen molar-refractivity contribution in [2.45, 2.75) is 89.1 Å². The Morgan fingerprint density at radius 1 is 1.15 bits per heavy atom. The molecule has 27 heavy (non-hydrogen) atoms. The SMILES string of the molecule is C[C@H](/C=C/[C@@]1(O)[C@H](C)C[C@H](O)CC1(C)C)O[C@@H]1O[C@H](CO)[C@@H](O)[C@H](O)[C@H]1O. The van der Waals surface area contributed by atoms with Gasteiger partial charge in [-0.15, -0.1) is 0 Å². The Bertz CT molecular complexity index is 522. The van der Waals surface area contributed by atoms with E-state index in [1.54, 1.807) is 19.1 Å². The van der Waals surface area contributed by atoms with Crippen molar-refractivity contribution < 1.29 is 40.1 Å². The summed E-state index contributed by atoms with van der Waals surface area (Å²) in [7, 11) is 0. The Labute approximate surface area is 160 Å². The van der Waals surface area contributed by atoms with Gasteiger partial charge in [0.15, 0.2) is 6.29 Å². The van der Waals surface area contributed by atoms with Crippen LogP contribution in [0.4, 0.5) is 0 Å². The Kier molecular flexibility index (Phi) is 7.08. The van der Waals surface area contributed by atoms with Crippen LogP contribution in [-0.4, -0.2) is 85.8 Å². The van der Waals surface area contributed by atoms with E-state index < -0.39 is 60.5 Å². The van der Waals surface area contributed by atoms with Crippen molar-refractivity contribution in [3.8, 4) is 0 Å². The average Bonchev–Trinajstić information content (AvgIpc) is 2.58. The third-order valence-electron chi connectivity index (χ3n) is 6.03. The zero-order valence-corrected chi connectivity index (χ0v) is 16.4. The quantitative estimate of drug-likeness (QED) is 0.339. The molecule has 9 atom stereocenters. The second-order valence-corrected chi connectivity index (χ2v) is 8.60. The van der Waals surface area contributed by atoms with Crippen LogP contribution in [0, 0.1) is 11.3 Å². The van der Waals surface area contributed by atoms with Gasteiger partial charge in [0.05, 0.1) is 24.4 Å². The molecule has 1 heterocycles. The molecule has 8 nitrogen and oxygen atoms in total. The molecule has 2 rings (SSSR count). The molecule has 0 aromatic rings. The number of aliphatic hydroxyl groups is 6. The average molecular weight is 390 g/mol. The summed E-state index contributed by atoms with van der Waals surface area (Å²) >= 11 is 0. The number of hydrogen-bond acceptors (Lipinski definition) is 8. The standard InChI is InChI=1S/C19H34O8/c1-10-7-12(21)8-18(3,4)19(10,25)6-5-11(2)26-17-16(24)15(23)14(22)13(9-20)27-17/h5-6,10-17,20-25H,7-9H2,1-4H3/b6-5+/t10-,11-,12+,13-,14-,15+,16-,17-,19-/m1/s1. The van der Waals surface area contributed by atoms with Gasteiger partial charge in [-0.1, -0.05) is 32.9 Å². The Morgan fingerprint density at radius 3 is 2.33 bits per heavy atom. The van der Waals surface area contributed by atoms with Gasteiger partial charge in [0, 0.05) is 0 Å². The third-order valence-corrected chi connectivity index (χ3v) is 6.03. The highest BCUT2D eigenvalue weighted by atomic mass is 16.7. The Morgan fingerprint density at radius 2 is 1.78 bits per heavy atom.